The summed E-state index contributed by atoms with van der Waals surface area (Å²) in [5.74, 6) is 1.67. The van der Waals surface area contributed by atoms with Gasteiger partial charge in [0.05, 0.1) is 20.0 Å². The van der Waals surface area contributed by atoms with E-state index in [1.807, 2.05) is 12.2 Å². The van der Waals surface area contributed by atoms with E-state index in [1.165, 1.54) is 0 Å². The third kappa shape index (κ3) is 2.72. The van der Waals surface area contributed by atoms with Crippen molar-refractivity contribution in [1.82, 2.24) is 0 Å². The number of hydrogen-bond acceptors (Lipinski definition) is 3. The van der Waals surface area contributed by atoms with E-state index in [-0.39, 0.29) is 5.06 Å². The third-order valence-corrected chi connectivity index (χ3v) is 3.02. The Kier molecular flexibility index (Phi) is 4.02. The molecule has 18 heavy (non-hydrogen) atoms. The summed E-state index contributed by atoms with van der Waals surface area (Å²) in [4.78, 5) is 0. The number of benzene rings is 1. The molecule has 1 aliphatic rings. The first-order valence-corrected chi connectivity index (χ1v) is 5.87. The SMILES string of the molecule is COC1=CC=C([NH+]([O-])c2ccc(OC)cc2)CC1. The molecule has 1 aliphatic carbocycles. The number of rotatable bonds is 4. The van der Waals surface area contributed by atoms with E-state index in [0.29, 0.717) is 5.69 Å². The number of ether oxygens (including phenoxy) is 2. The second-order valence-electron chi connectivity index (χ2n) is 4.09. The van der Waals surface area contributed by atoms with Crippen LogP contribution < -0.4 is 9.80 Å². The Labute approximate surface area is 107 Å². The van der Waals surface area contributed by atoms with Gasteiger partial charge in [-0.05, 0) is 24.3 Å². The molecule has 4 nitrogen and oxygen atoms in total. The molecule has 1 unspecified atom stereocenters. The highest BCUT2D eigenvalue weighted by atomic mass is 16.5. The van der Waals surface area contributed by atoms with E-state index in [2.05, 4.69) is 0 Å². The maximum Gasteiger partial charge on any atom is 0.136 e. The molecule has 0 radical (unpaired) electrons. The fraction of sp³-hybridized carbons (Fsp3) is 0.286. The summed E-state index contributed by atoms with van der Waals surface area (Å²) in [5.41, 5.74) is 1.51. The van der Waals surface area contributed by atoms with Crippen molar-refractivity contribution in [3.63, 3.8) is 0 Å². The summed E-state index contributed by atoms with van der Waals surface area (Å²) < 4.78 is 10.2. The topological polar surface area (TPSA) is 46.0 Å². The van der Waals surface area contributed by atoms with Gasteiger partial charge >= 0.3 is 0 Å². The first kappa shape index (κ1) is 12.7. The standard InChI is InChI=1S/C14H17NO3/c1-17-13-7-3-11(4-8-13)15(16)12-5-9-14(18-2)10-6-12/h3-5,7-9,15H,6,10H2,1-2H3. The van der Waals surface area contributed by atoms with Crippen LogP contribution in [0.2, 0.25) is 0 Å². The normalized spacial score (nSPS) is 16.6. The highest BCUT2D eigenvalue weighted by Gasteiger charge is 2.14. The van der Waals surface area contributed by atoms with Gasteiger partial charge in [0.2, 0.25) is 0 Å². The maximum absolute atomic E-state index is 12.2. The van der Waals surface area contributed by atoms with Gasteiger partial charge in [-0.1, -0.05) is 0 Å². The van der Waals surface area contributed by atoms with Crippen molar-refractivity contribution in [3.05, 3.63) is 53.1 Å². The highest BCUT2D eigenvalue weighted by Crippen LogP contribution is 2.17. The van der Waals surface area contributed by atoms with Crippen molar-refractivity contribution in [3.8, 4) is 5.75 Å². The van der Waals surface area contributed by atoms with Crippen molar-refractivity contribution >= 4 is 5.69 Å². The summed E-state index contributed by atoms with van der Waals surface area (Å²) in [7, 11) is 3.26. The zero-order valence-electron chi connectivity index (χ0n) is 10.6. The maximum atomic E-state index is 12.2. The summed E-state index contributed by atoms with van der Waals surface area (Å²) in [6.07, 6.45) is 5.21. The molecule has 0 saturated carbocycles. The van der Waals surface area contributed by atoms with E-state index < -0.39 is 0 Å². The smallest absolute Gasteiger partial charge is 0.136 e. The monoisotopic (exact) mass is 247 g/mol. The van der Waals surface area contributed by atoms with Crippen molar-refractivity contribution in [2.45, 2.75) is 12.8 Å². The zero-order valence-corrected chi connectivity index (χ0v) is 10.6. The molecule has 4 heteroatoms. The van der Waals surface area contributed by atoms with Crippen LogP contribution >= 0.6 is 0 Å². The van der Waals surface area contributed by atoms with Crippen LogP contribution in [0, 0.1) is 5.21 Å². The van der Waals surface area contributed by atoms with Gasteiger partial charge in [0.25, 0.3) is 0 Å². The number of hydroxylamine groups is 1. The van der Waals surface area contributed by atoms with Crippen LogP contribution in [0.25, 0.3) is 0 Å². The zero-order chi connectivity index (χ0) is 13.0. The number of allylic oxidation sites excluding steroid dienone is 4. The Morgan fingerprint density at radius 1 is 1.00 bits per heavy atom. The lowest BCUT2D eigenvalue weighted by Crippen LogP contribution is -3.00. The average Bonchev–Trinajstić information content (AvgIpc) is 2.47. The summed E-state index contributed by atoms with van der Waals surface area (Å²) in [6, 6.07) is 7.18. The van der Waals surface area contributed by atoms with Gasteiger partial charge in [-0.3, -0.25) is 0 Å². The predicted octanol–water partition coefficient (Wildman–Crippen LogP) is 1.92. The van der Waals surface area contributed by atoms with Crippen molar-refractivity contribution in [2.75, 3.05) is 14.2 Å². The lowest BCUT2D eigenvalue weighted by atomic mass is 10.1. The summed E-state index contributed by atoms with van der Waals surface area (Å²) in [6.45, 7) is 0. The highest BCUT2D eigenvalue weighted by molar-refractivity contribution is 5.37. The Morgan fingerprint density at radius 2 is 1.72 bits per heavy atom. The Hall–Kier alpha value is -1.78. The van der Waals surface area contributed by atoms with Gasteiger partial charge in [0.15, 0.2) is 0 Å². The number of hydrogen-bond donors (Lipinski definition) is 1. The molecular weight excluding hydrogens is 230 g/mol. The molecule has 1 aromatic rings. The molecule has 96 valence electrons. The molecule has 0 amide bonds. The van der Waals surface area contributed by atoms with Crippen LogP contribution in [0.1, 0.15) is 12.8 Å². The van der Waals surface area contributed by atoms with E-state index >= 15 is 0 Å². The first-order chi connectivity index (χ1) is 8.74. The van der Waals surface area contributed by atoms with Crippen molar-refractivity contribution < 1.29 is 14.5 Å². The largest absolute Gasteiger partial charge is 0.624 e. The third-order valence-electron chi connectivity index (χ3n) is 3.02. The van der Waals surface area contributed by atoms with Crippen LogP contribution in [-0.4, -0.2) is 14.2 Å². The van der Waals surface area contributed by atoms with Crippen molar-refractivity contribution in [1.29, 1.82) is 0 Å². The fourth-order valence-corrected chi connectivity index (χ4v) is 1.91. The van der Waals surface area contributed by atoms with Crippen LogP contribution in [0.4, 0.5) is 5.69 Å². The van der Waals surface area contributed by atoms with E-state index in [1.54, 1.807) is 38.5 Å². The second-order valence-corrected chi connectivity index (χ2v) is 4.09. The lowest BCUT2D eigenvalue weighted by Gasteiger charge is -2.25. The van der Waals surface area contributed by atoms with E-state index in [0.717, 1.165) is 30.0 Å². The predicted molar refractivity (Wildman–Crippen MR) is 69.4 cm³/mol. The molecule has 0 aromatic heterocycles. The van der Waals surface area contributed by atoms with Gasteiger partial charge in [0.1, 0.15) is 17.1 Å². The minimum Gasteiger partial charge on any atom is -0.624 e. The Balaban J connectivity index is 2.13. The molecular formula is C14H17NO3. The van der Waals surface area contributed by atoms with Crippen LogP contribution in [-0.2, 0) is 4.74 Å². The molecule has 0 saturated heterocycles. The van der Waals surface area contributed by atoms with E-state index in [9.17, 15) is 5.21 Å². The van der Waals surface area contributed by atoms with Gasteiger partial charge in [0, 0.05) is 25.0 Å². The fourth-order valence-electron chi connectivity index (χ4n) is 1.91. The minimum absolute atomic E-state index is 0.0732. The van der Waals surface area contributed by atoms with E-state index in [4.69, 9.17) is 9.47 Å². The van der Waals surface area contributed by atoms with Crippen LogP contribution in [0.15, 0.2) is 47.9 Å². The van der Waals surface area contributed by atoms with Crippen molar-refractivity contribution in [2.24, 2.45) is 0 Å². The molecule has 1 N–H and O–H groups in total. The molecule has 2 rings (SSSR count). The molecule has 1 aromatic carbocycles. The average molecular weight is 247 g/mol. The molecule has 0 heterocycles. The van der Waals surface area contributed by atoms with Gasteiger partial charge in [-0.15, -0.1) is 0 Å². The van der Waals surface area contributed by atoms with Crippen LogP contribution in [0.5, 0.6) is 5.75 Å². The van der Waals surface area contributed by atoms with Gasteiger partial charge in [-0.2, -0.15) is 0 Å². The molecule has 1 atom stereocenters. The number of quaternary nitrogens is 1. The van der Waals surface area contributed by atoms with Gasteiger partial charge in [-0.25, -0.2) is 0 Å². The number of methoxy groups -OCH3 is 2. The molecule has 0 aliphatic heterocycles. The van der Waals surface area contributed by atoms with Crippen LogP contribution in [0.3, 0.4) is 0 Å². The second kappa shape index (κ2) is 5.71. The summed E-state index contributed by atoms with van der Waals surface area (Å²) in [5, 5.41) is 12.3. The first-order valence-electron chi connectivity index (χ1n) is 5.87. The quantitative estimate of drug-likeness (QED) is 0.827. The Morgan fingerprint density at radius 3 is 2.22 bits per heavy atom. The summed E-state index contributed by atoms with van der Waals surface area (Å²) >= 11 is 0. The minimum atomic E-state index is 0.0732. The van der Waals surface area contributed by atoms with Gasteiger partial charge < -0.3 is 19.7 Å². The molecule has 0 spiro atoms. The molecule has 0 bridgehead atoms. The Bertz CT molecular complexity index is 462. The lowest BCUT2D eigenvalue weighted by molar-refractivity contribution is -0.733. The number of nitrogens with one attached hydrogen (secondary N) is 1. The molecule has 0 fully saturated rings.